The largest absolute Gasteiger partial charge is 0.496 e. The lowest BCUT2D eigenvalue weighted by atomic mass is 9.86. The van der Waals surface area contributed by atoms with E-state index in [1.807, 2.05) is 0 Å². The molecule has 0 spiro atoms. The Hall–Kier alpha value is -1.02. The molecule has 0 bridgehead atoms. The molecule has 2 heteroatoms. The monoisotopic (exact) mass is 191 g/mol. The number of rotatable bonds is 1. The molecule has 1 aliphatic rings. The molecule has 0 saturated heterocycles. The lowest BCUT2D eigenvalue weighted by Crippen LogP contribution is -2.18. The highest BCUT2D eigenvalue weighted by atomic mass is 16.5. The van der Waals surface area contributed by atoms with Gasteiger partial charge in [0.05, 0.1) is 7.11 Å². The van der Waals surface area contributed by atoms with Gasteiger partial charge in [-0.2, -0.15) is 0 Å². The highest BCUT2D eigenvalue weighted by Crippen LogP contribution is 2.35. The summed E-state index contributed by atoms with van der Waals surface area (Å²) in [7, 11) is 1.72. The molecular formula is C12H17NO. The molecule has 2 N–H and O–H groups in total. The third-order valence-corrected chi connectivity index (χ3v) is 2.92. The van der Waals surface area contributed by atoms with Gasteiger partial charge in [0, 0.05) is 11.6 Å². The minimum Gasteiger partial charge on any atom is -0.496 e. The first-order valence-electron chi connectivity index (χ1n) is 5.15. The molecule has 1 aromatic rings. The minimum absolute atomic E-state index is 0.161. The Morgan fingerprint density at radius 3 is 2.93 bits per heavy atom. The van der Waals surface area contributed by atoms with E-state index < -0.39 is 0 Å². The Balaban J connectivity index is 2.55. The lowest BCUT2D eigenvalue weighted by molar-refractivity contribution is 0.398. The van der Waals surface area contributed by atoms with Gasteiger partial charge in [-0.15, -0.1) is 0 Å². The molecule has 1 aromatic carbocycles. The van der Waals surface area contributed by atoms with Crippen molar-refractivity contribution < 1.29 is 4.74 Å². The van der Waals surface area contributed by atoms with Crippen LogP contribution >= 0.6 is 0 Å². The fourth-order valence-corrected chi connectivity index (χ4v) is 2.29. The van der Waals surface area contributed by atoms with Crippen molar-refractivity contribution in [1.29, 1.82) is 0 Å². The van der Waals surface area contributed by atoms with Gasteiger partial charge in [0.2, 0.25) is 0 Å². The third-order valence-electron chi connectivity index (χ3n) is 2.92. The zero-order chi connectivity index (χ0) is 10.1. The molecule has 1 atom stereocenters. The molecule has 0 heterocycles. The van der Waals surface area contributed by atoms with E-state index in [0.29, 0.717) is 0 Å². The fourth-order valence-electron chi connectivity index (χ4n) is 2.29. The minimum atomic E-state index is 0.161. The summed E-state index contributed by atoms with van der Waals surface area (Å²) in [6, 6.07) is 4.47. The van der Waals surface area contributed by atoms with Crippen LogP contribution in [0.5, 0.6) is 5.75 Å². The summed E-state index contributed by atoms with van der Waals surface area (Å²) < 4.78 is 5.38. The van der Waals surface area contributed by atoms with E-state index in [0.717, 1.165) is 18.6 Å². The molecule has 2 nitrogen and oxygen atoms in total. The van der Waals surface area contributed by atoms with E-state index in [1.54, 1.807) is 7.11 Å². The molecule has 0 radical (unpaired) electrons. The summed E-state index contributed by atoms with van der Waals surface area (Å²) in [5.74, 6) is 0.965. The first-order valence-corrected chi connectivity index (χ1v) is 5.15. The highest BCUT2D eigenvalue weighted by Gasteiger charge is 2.21. The maximum Gasteiger partial charge on any atom is 0.124 e. The number of hydrogen-bond acceptors (Lipinski definition) is 2. The fraction of sp³-hybridized carbons (Fsp3) is 0.500. The highest BCUT2D eigenvalue weighted by molar-refractivity contribution is 5.46. The molecule has 76 valence electrons. The van der Waals surface area contributed by atoms with Gasteiger partial charge >= 0.3 is 0 Å². The van der Waals surface area contributed by atoms with Crippen molar-refractivity contribution in [2.24, 2.45) is 5.73 Å². The van der Waals surface area contributed by atoms with Crippen molar-refractivity contribution in [2.45, 2.75) is 32.2 Å². The predicted molar refractivity (Wildman–Crippen MR) is 57.6 cm³/mol. The van der Waals surface area contributed by atoms with Gasteiger partial charge in [-0.3, -0.25) is 0 Å². The molecule has 2 rings (SSSR count). The van der Waals surface area contributed by atoms with Gasteiger partial charge < -0.3 is 10.5 Å². The van der Waals surface area contributed by atoms with Crippen LogP contribution < -0.4 is 10.5 Å². The lowest BCUT2D eigenvalue weighted by Gasteiger charge is -2.24. The number of benzene rings is 1. The predicted octanol–water partition coefficient (Wildman–Crippen LogP) is 2.34. The number of fused-ring (bicyclic) bond motifs is 1. The van der Waals surface area contributed by atoms with E-state index >= 15 is 0 Å². The van der Waals surface area contributed by atoms with Gasteiger partial charge in [-0.05, 0) is 43.4 Å². The zero-order valence-corrected chi connectivity index (χ0v) is 8.84. The van der Waals surface area contributed by atoms with Crippen LogP contribution in [0.25, 0.3) is 0 Å². The van der Waals surface area contributed by atoms with Crippen LogP contribution in [-0.2, 0) is 6.42 Å². The van der Waals surface area contributed by atoms with Crippen molar-refractivity contribution >= 4 is 0 Å². The Morgan fingerprint density at radius 2 is 2.21 bits per heavy atom. The van der Waals surface area contributed by atoms with Crippen molar-refractivity contribution in [2.75, 3.05) is 7.11 Å². The Labute approximate surface area is 85.1 Å². The standard InChI is InChI=1S/C12H17NO/c1-8-6-9-4-3-5-10(13)12(9)11(7-8)14-2/h6-7,10H,3-5,13H2,1-2H3/t10-/m0/s1. The average Bonchev–Trinajstić information content (AvgIpc) is 2.16. The number of methoxy groups -OCH3 is 1. The van der Waals surface area contributed by atoms with Gasteiger partial charge in [0.15, 0.2) is 0 Å². The zero-order valence-electron chi connectivity index (χ0n) is 8.84. The third kappa shape index (κ3) is 1.50. The second-order valence-corrected chi connectivity index (χ2v) is 4.04. The summed E-state index contributed by atoms with van der Waals surface area (Å²) in [5.41, 5.74) is 9.95. The Morgan fingerprint density at radius 1 is 1.43 bits per heavy atom. The smallest absolute Gasteiger partial charge is 0.124 e. The first-order chi connectivity index (χ1) is 6.72. The van der Waals surface area contributed by atoms with E-state index in [4.69, 9.17) is 10.5 Å². The molecule has 0 fully saturated rings. The summed E-state index contributed by atoms with van der Waals surface area (Å²) in [5, 5.41) is 0. The summed E-state index contributed by atoms with van der Waals surface area (Å²) in [4.78, 5) is 0. The van der Waals surface area contributed by atoms with Gasteiger partial charge in [-0.1, -0.05) is 6.07 Å². The number of aryl methyl sites for hydroxylation is 2. The van der Waals surface area contributed by atoms with Crippen LogP contribution in [-0.4, -0.2) is 7.11 Å². The van der Waals surface area contributed by atoms with Crippen LogP contribution in [0.3, 0.4) is 0 Å². The van der Waals surface area contributed by atoms with Crippen LogP contribution in [0.4, 0.5) is 0 Å². The molecule has 0 aliphatic heterocycles. The average molecular weight is 191 g/mol. The second-order valence-electron chi connectivity index (χ2n) is 4.04. The van der Waals surface area contributed by atoms with E-state index in [9.17, 15) is 0 Å². The Bertz CT molecular complexity index is 329. The molecule has 0 saturated carbocycles. The van der Waals surface area contributed by atoms with Gasteiger partial charge in [-0.25, -0.2) is 0 Å². The van der Waals surface area contributed by atoms with Gasteiger partial charge in [0.25, 0.3) is 0 Å². The first kappa shape index (κ1) is 9.53. The second kappa shape index (κ2) is 3.62. The molecule has 0 amide bonds. The summed E-state index contributed by atoms with van der Waals surface area (Å²) in [6.07, 6.45) is 3.41. The molecule has 1 aliphatic carbocycles. The van der Waals surface area contributed by atoms with E-state index in [1.165, 1.54) is 23.1 Å². The van der Waals surface area contributed by atoms with Crippen LogP contribution in [0.15, 0.2) is 12.1 Å². The van der Waals surface area contributed by atoms with Crippen LogP contribution in [0.1, 0.15) is 35.6 Å². The van der Waals surface area contributed by atoms with E-state index in [-0.39, 0.29) is 6.04 Å². The normalized spacial score (nSPS) is 20.4. The van der Waals surface area contributed by atoms with Crippen molar-refractivity contribution in [3.8, 4) is 5.75 Å². The van der Waals surface area contributed by atoms with Crippen molar-refractivity contribution in [1.82, 2.24) is 0 Å². The molecule has 14 heavy (non-hydrogen) atoms. The van der Waals surface area contributed by atoms with Crippen LogP contribution in [0.2, 0.25) is 0 Å². The maximum atomic E-state index is 6.09. The quantitative estimate of drug-likeness (QED) is 0.739. The topological polar surface area (TPSA) is 35.2 Å². The number of nitrogens with two attached hydrogens (primary N) is 1. The number of hydrogen-bond donors (Lipinski definition) is 1. The summed E-state index contributed by atoms with van der Waals surface area (Å²) >= 11 is 0. The molecule has 0 unspecified atom stereocenters. The van der Waals surface area contributed by atoms with Crippen molar-refractivity contribution in [3.63, 3.8) is 0 Å². The van der Waals surface area contributed by atoms with Crippen LogP contribution in [0, 0.1) is 6.92 Å². The SMILES string of the molecule is COc1cc(C)cc2c1[C@@H](N)CCC2. The van der Waals surface area contributed by atoms with Crippen molar-refractivity contribution in [3.05, 3.63) is 28.8 Å². The van der Waals surface area contributed by atoms with E-state index in [2.05, 4.69) is 19.1 Å². The summed E-state index contributed by atoms with van der Waals surface area (Å²) in [6.45, 7) is 2.10. The number of ether oxygens (including phenoxy) is 1. The Kier molecular flexibility index (Phi) is 2.46. The molecule has 0 aromatic heterocycles. The molecular weight excluding hydrogens is 174 g/mol. The maximum absolute atomic E-state index is 6.09. The van der Waals surface area contributed by atoms with Gasteiger partial charge in [0.1, 0.15) is 5.75 Å².